The highest BCUT2D eigenvalue weighted by molar-refractivity contribution is 5.96. The molecule has 0 aliphatic carbocycles. The lowest BCUT2D eigenvalue weighted by Gasteiger charge is -2.15. The van der Waals surface area contributed by atoms with E-state index < -0.39 is 18.0 Å². The summed E-state index contributed by atoms with van der Waals surface area (Å²) in [7, 11) is 1.52. The van der Waals surface area contributed by atoms with E-state index in [1.165, 1.54) is 14.0 Å². The topological polar surface area (TPSA) is 88.4 Å². The molecule has 6 heteroatoms. The summed E-state index contributed by atoms with van der Waals surface area (Å²) in [6.45, 7) is 1.48. The van der Waals surface area contributed by atoms with Crippen molar-refractivity contribution in [3.05, 3.63) is 59.7 Å². The van der Waals surface area contributed by atoms with Crippen LogP contribution in [-0.4, -0.2) is 25.1 Å². The molecule has 0 saturated heterocycles. The van der Waals surface area contributed by atoms with E-state index >= 15 is 0 Å². The van der Waals surface area contributed by atoms with E-state index in [0.717, 1.165) is 0 Å². The van der Waals surface area contributed by atoms with Crippen LogP contribution < -0.4 is 10.1 Å². The zero-order chi connectivity index (χ0) is 18.2. The van der Waals surface area contributed by atoms with Crippen LogP contribution in [0.25, 0.3) is 0 Å². The molecular formula is C19H18N2O4. The zero-order valence-electron chi connectivity index (χ0n) is 14.0. The van der Waals surface area contributed by atoms with E-state index in [9.17, 15) is 9.59 Å². The number of rotatable bonds is 6. The first-order valence-electron chi connectivity index (χ1n) is 7.66. The van der Waals surface area contributed by atoms with Crippen molar-refractivity contribution in [1.82, 2.24) is 0 Å². The maximum Gasteiger partial charge on any atom is 0.311 e. The minimum atomic E-state index is -0.992. The van der Waals surface area contributed by atoms with Crippen LogP contribution in [0.5, 0.6) is 5.75 Å². The lowest BCUT2D eigenvalue weighted by Crippen LogP contribution is -2.30. The Labute approximate surface area is 146 Å². The van der Waals surface area contributed by atoms with E-state index in [0.29, 0.717) is 22.6 Å². The molecule has 0 spiro atoms. The SMILES string of the molecule is COc1ccccc1CC(=O)O[C@H](C)C(=O)Nc1ccccc1C#N. The number of anilines is 1. The van der Waals surface area contributed by atoms with Gasteiger partial charge in [0.2, 0.25) is 0 Å². The maximum atomic E-state index is 12.2. The number of nitriles is 1. The highest BCUT2D eigenvalue weighted by atomic mass is 16.5. The third kappa shape index (κ3) is 4.82. The Kier molecular flexibility index (Phi) is 6.13. The van der Waals surface area contributed by atoms with Crippen LogP contribution in [0.4, 0.5) is 5.69 Å². The Hall–Kier alpha value is -3.33. The number of carbonyl (C=O) groups is 2. The number of nitrogens with one attached hydrogen (secondary N) is 1. The minimum absolute atomic E-state index is 0.00356. The number of hydrogen-bond acceptors (Lipinski definition) is 5. The first kappa shape index (κ1) is 18.0. The minimum Gasteiger partial charge on any atom is -0.496 e. The lowest BCUT2D eigenvalue weighted by atomic mass is 10.1. The summed E-state index contributed by atoms with van der Waals surface area (Å²) >= 11 is 0. The largest absolute Gasteiger partial charge is 0.496 e. The van der Waals surface area contributed by atoms with E-state index in [2.05, 4.69) is 5.32 Å². The van der Waals surface area contributed by atoms with Gasteiger partial charge in [-0.25, -0.2) is 0 Å². The van der Waals surface area contributed by atoms with Crippen LogP contribution in [-0.2, 0) is 20.7 Å². The second kappa shape index (κ2) is 8.50. The average molecular weight is 338 g/mol. The average Bonchev–Trinajstić information content (AvgIpc) is 2.62. The molecular weight excluding hydrogens is 320 g/mol. The molecule has 0 aliphatic heterocycles. The van der Waals surface area contributed by atoms with Gasteiger partial charge in [-0.3, -0.25) is 9.59 Å². The number of amides is 1. The number of ether oxygens (including phenoxy) is 2. The Morgan fingerprint density at radius 2 is 1.84 bits per heavy atom. The Bertz CT molecular complexity index is 811. The number of para-hydroxylation sites is 2. The van der Waals surface area contributed by atoms with Gasteiger partial charge in [-0.1, -0.05) is 30.3 Å². The fourth-order valence-corrected chi connectivity index (χ4v) is 2.22. The summed E-state index contributed by atoms with van der Waals surface area (Å²) in [6.07, 6.45) is -0.995. The highest BCUT2D eigenvalue weighted by Gasteiger charge is 2.19. The molecule has 0 fully saturated rings. The molecule has 128 valence electrons. The van der Waals surface area contributed by atoms with Crippen molar-refractivity contribution >= 4 is 17.6 Å². The molecule has 25 heavy (non-hydrogen) atoms. The van der Waals surface area contributed by atoms with Crippen molar-refractivity contribution in [2.75, 3.05) is 12.4 Å². The molecule has 1 atom stereocenters. The monoisotopic (exact) mass is 338 g/mol. The van der Waals surface area contributed by atoms with E-state index in [1.807, 2.05) is 6.07 Å². The van der Waals surface area contributed by atoms with E-state index in [4.69, 9.17) is 14.7 Å². The summed E-state index contributed by atoms with van der Waals surface area (Å²) in [6, 6.07) is 15.7. The smallest absolute Gasteiger partial charge is 0.311 e. The van der Waals surface area contributed by atoms with Gasteiger partial charge >= 0.3 is 5.97 Å². The molecule has 6 nitrogen and oxygen atoms in total. The van der Waals surface area contributed by atoms with Crippen LogP contribution in [0.1, 0.15) is 18.1 Å². The second-order valence-corrected chi connectivity index (χ2v) is 5.27. The number of esters is 1. The van der Waals surface area contributed by atoms with Crippen LogP contribution in [0, 0.1) is 11.3 Å². The zero-order valence-corrected chi connectivity index (χ0v) is 14.0. The summed E-state index contributed by atoms with van der Waals surface area (Å²) < 4.78 is 10.4. The van der Waals surface area contributed by atoms with Gasteiger partial charge in [0.05, 0.1) is 24.8 Å². The van der Waals surface area contributed by atoms with Gasteiger partial charge in [0.1, 0.15) is 11.8 Å². The third-order valence-electron chi connectivity index (χ3n) is 3.51. The van der Waals surface area contributed by atoms with Gasteiger partial charge < -0.3 is 14.8 Å². The van der Waals surface area contributed by atoms with Crippen molar-refractivity contribution in [3.63, 3.8) is 0 Å². The molecule has 0 aliphatic rings. The number of methoxy groups -OCH3 is 1. The van der Waals surface area contributed by atoms with Crippen LogP contribution in [0.2, 0.25) is 0 Å². The van der Waals surface area contributed by atoms with Gasteiger partial charge in [0.15, 0.2) is 6.10 Å². The third-order valence-corrected chi connectivity index (χ3v) is 3.51. The van der Waals surface area contributed by atoms with Gasteiger partial charge in [-0.05, 0) is 25.1 Å². The first-order valence-corrected chi connectivity index (χ1v) is 7.66. The number of hydrogen-bond donors (Lipinski definition) is 1. The van der Waals surface area contributed by atoms with Gasteiger partial charge in [-0.2, -0.15) is 5.26 Å². The molecule has 0 saturated carbocycles. The Morgan fingerprint density at radius 1 is 1.16 bits per heavy atom. The first-order chi connectivity index (χ1) is 12.0. The highest BCUT2D eigenvalue weighted by Crippen LogP contribution is 2.19. The van der Waals surface area contributed by atoms with Crippen molar-refractivity contribution in [2.24, 2.45) is 0 Å². The van der Waals surface area contributed by atoms with Gasteiger partial charge in [-0.15, -0.1) is 0 Å². The van der Waals surface area contributed by atoms with E-state index in [-0.39, 0.29) is 6.42 Å². The van der Waals surface area contributed by atoms with Crippen molar-refractivity contribution < 1.29 is 19.1 Å². The van der Waals surface area contributed by atoms with Crippen molar-refractivity contribution in [3.8, 4) is 11.8 Å². The van der Waals surface area contributed by atoms with Crippen molar-refractivity contribution in [1.29, 1.82) is 5.26 Å². The molecule has 0 aromatic heterocycles. The quantitative estimate of drug-likeness (QED) is 0.818. The fourth-order valence-electron chi connectivity index (χ4n) is 2.22. The van der Waals surface area contributed by atoms with Crippen LogP contribution >= 0.6 is 0 Å². The summed E-state index contributed by atoms with van der Waals surface area (Å²) in [5.41, 5.74) is 1.39. The molecule has 1 amide bonds. The molecule has 2 aromatic carbocycles. The predicted molar refractivity (Wildman–Crippen MR) is 92.0 cm³/mol. The molecule has 0 bridgehead atoms. The molecule has 2 aromatic rings. The van der Waals surface area contributed by atoms with Crippen molar-refractivity contribution in [2.45, 2.75) is 19.4 Å². The van der Waals surface area contributed by atoms with E-state index in [1.54, 1.807) is 48.5 Å². The molecule has 0 radical (unpaired) electrons. The summed E-state index contributed by atoms with van der Waals surface area (Å²) in [5, 5.41) is 11.6. The lowest BCUT2D eigenvalue weighted by molar-refractivity contribution is -0.152. The standard InChI is InChI=1S/C19H18N2O4/c1-13(19(23)21-16-9-5-3-8-15(16)12-20)25-18(22)11-14-7-4-6-10-17(14)24-2/h3-10,13H,11H2,1-2H3,(H,21,23)/t13-/m1/s1. The second-order valence-electron chi connectivity index (χ2n) is 5.27. The molecule has 0 heterocycles. The Balaban J connectivity index is 1.96. The Morgan fingerprint density at radius 3 is 2.56 bits per heavy atom. The van der Waals surface area contributed by atoms with Crippen LogP contribution in [0.15, 0.2) is 48.5 Å². The molecule has 0 unspecified atom stereocenters. The fraction of sp³-hybridized carbons (Fsp3) is 0.211. The summed E-state index contributed by atoms with van der Waals surface area (Å²) in [4.78, 5) is 24.2. The predicted octanol–water partition coefficient (Wildman–Crippen LogP) is 2.68. The summed E-state index contributed by atoms with van der Waals surface area (Å²) in [5.74, 6) is -0.462. The van der Waals surface area contributed by atoms with Crippen LogP contribution in [0.3, 0.4) is 0 Å². The molecule has 1 N–H and O–H groups in total. The maximum absolute atomic E-state index is 12.2. The molecule has 2 rings (SSSR count). The number of benzene rings is 2. The number of nitrogens with zero attached hydrogens (tertiary/aromatic N) is 1. The normalized spacial score (nSPS) is 11.1. The number of carbonyl (C=O) groups excluding carboxylic acids is 2. The van der Waals surface area contributed by atoms with Gasteiger partial charge in [0, 0.05) is 5.56 Å². The van der Waals surface area contributed by atoms with Gasteiger partial charge in [0.25, 0.3) is 5.91 Å².